The van der Waals surface area contributed by atoms with Gasteiger partial charge in [0.15, 0.2) is 0 Å². The van der Waals surface area contributed by atoms with Crippen molar-refractivity contribution in [2.45, 2.75) is 6.18 Å². The monoisotopic (exact) mass is 315 g/mol. The number of carbonyl (C=O) groups excluding carboxylic acids is 1. The average Bonchev–Trinajstić information content (AvgIpc) is 2.45. The fraction of sp³-hybridized carbons (Fsp3) is 0.143. The third kappa shape index (κ3) is 3.16. The van der Waals surface area contributed by atoms with Gasteiger partial charge in [0.1, 0.15) is 0 Å². The van der Waals surface area contributed by atoms with Gasteiger partial charge in [-0.15, -0.1) is 0 Å². The Balaban J connectivity index is 2.71. The highest BCUT2D eigenvalue weighted by molar-refractivity contribution is 6.30. The topological polar surface area (TPSA) is 39.2 Å². The zero-order chi connectivity index (χ0) is 15.6. The highest BCUT2D eigenvalue weighted by Crippen LogP contribution is 2.37. The number of esters is 1. The van der Waals surface area contributed by atoms with Gasteiger partial charge in [-0.3, -0.25) is 4.98 Å². The number of nitrogens with zero attached hydrogens (tertiary/aromatic N) is 1. The minimum absolute atomic E-state index is 0.123. The van der Waals surface area contributed by atoms with Crippen LogP contribution in [0.2, 0.25) is 5.02 Å². The van der Waals surface area contributed by atoms with E-state index in [1.54, 1.807) is 0 Å². The molecule has 0 atom stereocenters. The number of benzene rings is 1. The fourth-order valence-electron chi connectivity index (χ4n) is 1.86. The highest BCUT2D eigenvalue weighted by Gasteiger charge is 2.34. The van der Waals surface area contributed by atoms with Gasteiger partial charge in [-0.2, -0.15) is 13.2 Å². The predicted molar refractivity (Wildman–Crippen MR) is 71.0 cm³/mol. The van der Waals surface area contributed by atoms with Crippen molar-refractivity contribution in [3.8, 4) is 11.3 Å². The van der Waals surface area contributed by atoms with Gasteiger partial charge in [0, 0.05) is 11.8 Å². The molecule has 0 aliphatic carbocycles. The first kappa shape index (κ1) is 15.3. The van der Waals surface area contributed by atoms with E-state index in [0.29, 0.717) is 0 Å². The highest BCUT2D eigenvalue weighted by atomic mass is 35.5. The first-order valence-electron chi connectivity index (χ1n) is 5.75. The normalized spacial score (nSPS) is 11.3. The second-order valence-electron chi connectivity index (χ2n) is 4.08. The van der Waals surface area contributed by atoms with Crippen molar-refractivity contribution in [3.05, 3.63) is 52.7 Å². The second-order valence-corrected chi connectivity index (χ2v) is 4.52. The molecule has 3 nitrogen and oxygen atoms in total. The van der Waals surface area contributed by atoms with E-state index in [1.165, 1.54) is 30.5 Å². The molecule has 1 aromatic heterocycles. The molecule has 0 radical (unpaired) electrons. The van der Waals surface area contributed by atoms with Crippen molar-refractivity contribution in [1.82, 2.24) is 4.98 Å². The molecule has 0 saturated carbocycles. The van der Waals surface area contributed by atoms with E-state index in [1.807, 2.05) is 0 Å². The number of hydrogen-bond donors (Lipinski definition) is 0. The van der Waals surface area contributed by atoms with Crippen molar-refractivity contribution < 1.29 is 22.7 Å². The number of ether oxygens (including phenoxy) is 1. The number of aromatic nitrogens is 1. The zero-order valence-electron chi connectivity index (χ0n) is 10.7. The lowest BCUT2D eigenvalue weighted by Gasteiger charge is -2.14. The van der Waals surface area contributed by atoms with E-state index in [9.17, 15) is 18.0 Å². The number of alkyl halides is 3. The SMILES string of the molecule is COC(=O)c1cc(Cl)cnc1-c1ccccc1C(F)(F)F. The van der Waals surface area contributed by atoms with E-state index < -0.39 is 17.7 Å². The standard InChI is InChI=1S/C14H9ClF3NO2/c1-21-13(20)10-6-8(15)7-19-12(10)9-4-2-3-5-11(9)14(16,17)18/h2-7H,1H3. The van der Waals surface area contributed by atoms with E-state index in [0.717, 1.165) is 13.2 Å². The molecule has 0 saturated heterocycles. The van der Waals surface area contributed by atoms with Crippen molar-refractivity contribution >= 4 is 17.6 Å². The molecular formula is C14H9ClF3NO2. The van der Waals surface area contributed by atoms with Crippen LogP contribution < -0.4 is 0 Å². The number of methoxy groups -OCH3 is 1. The first-order valence-corrected chi connectivity index (χ1v) is 6.13. The Hall–Kier alpha value is -2.08. The van der Waals surface area contributed by atoms with Crippen molar-refractivity contribution in [2.24, 2.45) is 0 Å². The van der Waals surface area contributed by atoms with Gasteiger partial charge in [-0.25, -0.2) is 4.79 Å². The molecule has 0 bridgehead atoms. The summed E-state index contributed by atoms with van der Waals surface area (Å²) in [4.78, 5) is 15.6. The lowest BCUT2D eigenvalue weighted by Crippen LogP contribution is -2.10. The Morgan fingerprint density at radius 1 is 1.29 bits per heavy atom. The molecule has 1 heterocycles. The molecule has 0 spiro atoms. The summed E-state index contributed by atoms with van der Waals surface area (Å²) < 4.78 is 43.7. The van der Waals surface area contributed by atoms with E-state index in [2.05, 4.69) is 9.72 Å². The van der Waals surface area contributed by atoms with Crippen molar-refractivity contribution in [3.63, 3.8) is 0 Å². The third-order valence-corrected chi connectivity index (χ3v) is 2.95. The van der Waals surface area contributed by atoms with Crippen LogP contribution in [0.5, 0.6) is 0 Å². The Bertz CT molecular complexity index is 686. The lowest BCUT2D eigenvalue weighted by atomic mass is 10.00. The number of carbonyl (C=O) groups is 1. The summed E-state index contributed by atoms with van der Waals surface area (Å²) in [6.07, 6.45) is -3.39. The van der Waals surface area contributed by atoms with Crippen LogP contribution in [-0.4, -0.2) is 18.1 Å². The van der Waals surface area contributed by atoms with Crippen LogP contribution in [0.15, 0.2) is 36.5 Å². The van der Waals surface area contributed by atoms with Crippen LogP contribution in [0, 0.1) is 0 Å². The molecule has 0 amide bonds. The van der Waals surface area contributed by atoms with Gasteiger partial charge in [0.25, 0.3) is 0 Å². The molecule has 0 fully saturated rings. The summed E-state index contributed by atoms with van der Waals surface area (Å²) in [7, 11) is 1.13. The van der Waals surface area contributed by atoms with Crippen LogP contribution in [-0.2, 0) is 10.9 Å². The first-order chi connectivity index (χ1) is 9.84. The number of hydrogen-bond acceptors (Lipinski definition) is 3. The molecular weight excluding hydrogens is 307 g/mol. The summed E-state index contributed by atoms with van der Waals surface area (Å²) in [5, 5.41) is 0.128. The summed E-state index contributed by atoms with van der Waals surface area (Å²) >= 11 is 5.74. The Morgan fingerprint density at radius 3 is 2.57 bits per heavy atom. The summed E-state index contributed by atoms with van der Waals surface area (Å²) in [6.45, 7) is 0. The molecule has 0 aliphatic rings. The minimum Gasteiger partial charge on any atom is -0.465 e. The number of rotatable bonds is 2. The van der Waals surface area contributed by atoms with Crippen LogP contribution in [0.1, 0.15) is 15.9 Å². The van der Waals surface area contributed by atoms with Gasteiger partial charge in [-0.05, 0) is 12.1 Å². The summed E-state index contributed by atoms with van der Waals surface area (Å²) in [6, 6.07) is 6.09. The average molecular weight is 316 g/mol. The molecule has 2 aromatic rings. The van der Waals surface area contributed by atoms with Gasteiger partial charge in [0.05, 0.1) is 29.0 Å². The van der Waals surface area contributed by atoms with Gasteiger partial charge in [0.2, 0.25) is 0 Å². The number of halogens is 4. The molecule has 7 heteroatoms. The maximum Gasteiger partial charge on any atom is 0.417 e. The predicted octanol–water partition coefficient (Wildman–Crippen LogP) is 4.21. The fourth-order valence-corrected chi connectivity index (χ4v) is 2.01. The maximum atomic E-state index is 13.1. The van der Waals surface area contributed by atoms with Crippen molar-refractivity contribution in [2.75, 3.05) is 7.11 Å². The Kier molecular flexibility index (Phi) is 4.18. The van der Waals surface area contributed by atoms with E-state index in [-0.39, 0.29) is 21.8 Å². The molecule has 110 valence electrons. The molecule has 2 rings (SSSR count). The molecule has 0 unspecified atom stereocenters. The van der Waals surface area contributed by atoms with Crippen LogP contribution >= 0.6 is 11.6 Å². The third-order valence-electron chi connectivity index (χ3n) is 2.75. The quantitative estimate of drug-likeness (QED) is 0.779. The lowest BCUT2D eigenvalue weighted by molar-refractivity contribution is -0.137. The second kappa shape index (κ2) is 5.73. The van der Waals surface area contributed by atoms with Crippen molar-refractivity contribution in [1.29, 1.82) is 0 Å². The van der Waals surface area contributed by atoms with Crippen LogP contribution in [0.4, 0.5) is 13.2 Å². The van der Waals surface area contributed by atoms with E-state index >= 15 is 0 Å². The van der Waals surface area contributed by atoms with E-state index in [4.69, 9.17) is 11.6 Å². The molecule has 21 heavy (non-hydrogen) atoms. The zero-order valence-corrected chi connectivity index (χ0v) is 11.5. The molecule has 1 aromatic carbocycles. The largest absolute Gasteiger partial charge is 0.465 e. The van der Waals surface area contributed by atoms with Crippen LogP contribution in [0.25, 0.3) is 11.3 Å². The maximum absolute atomic E-state index is 13.1. The smallest absolute Gasteiger partial charge is 0.417 e. The van der Waals surface area contributed by atoms with Gasteiger partial charge >= 0.3 is 12.1 Å². The minimum atomic E-state index is -4.56. The molecule has 0 aliphatic heterocycles. The van der Waals surface area contributed by atoms with Gasteiger partial charge in [-0.1, -0.05) is 29.8 Å². The molecule has 0 N–H and O–H groups in total. The van der Waals surface area contributed by atoms with Crippen LogP contribution in [0.3, 0.4) is 0 Å². The summed E-state index contributed by atoms with van der Waals surface area (Å²) in [5.74, 6) is -0.808. The summed E-state index contributed by atoms with van der Waals surface area (Å²) in [5.41, 5.74) is -1.34. The number of pyridine rings is 1. The Labute approximate surface area is 123 Å². The van der Waals surface area contributed by atoms with Gasteiger partial charge < -0.3 is 4.74 Å². The Morgan fingerprint density at radius 2 is 1.95 bits per heavy atom.